The van der Waals surface area contributed by atoms with Crippen molar-refractivity contribution in [2.24, 2.45) is 16.9 Å². The van der Waals surface area contributed by atoms with Crippen LogP contribution in [0.25, 0.3) is 0 Å². The molecule has 1 aromatic carbocycles. The minimum atomic E-state index is -3.90. The summed E-state index contributed by atoms with van der Waals surface area (Å²) in [7, 11) is -3.90. The maximum absolute atomic E-state index is 12.2. The van der Waals surface area contributed by atoms with E-state index in [4.69, 9.17) is 0 Å². The lowest BCUT2D eigenvalue weighted by Crippen LogP contribution is -2.35. The number of sulfonamides is 1. The van der Waals surface area contributed by atoms with E-state index in [1.54, 1.807) is 6.92 Å². The fourth-order valence-electron chi connectivity index (χ4n) is 2.79. The molecule has 0 saturated heterocycles. The fraction of sp³-hybridized carbons (Fsp3) is 0.357. The highest BCUT2D eigenvalue weighted by Gasteiger charge is 2.38. The van der Waals surface area contributed by atoms with Gasteiger partial charge in [-0.2, -0.15) is 13.5 Å². The zero-order valence-electron chi connectivity index (χ0n) is 11.9. The summed E-state index contributed by atoms with van der Waals surface area (Å²) < 4.78 is 24.4. The van der Waals surface area contributed by atoms with E-state index < -0.39 is 14.9 Å². The molecule has 0 bridgehead atoms. The Bertz CT molecular complexity index is 798. The molecule has 8 heteroatoms. The van der Waals surface area contributed by atoms with E-state index in [1.807, 2.05) is 0 Å². The van der Waals surface area contributed by atoms with E-state index in [1.165, 1.54) is 12.1 Å². The molecular weight excluding hydrogens is 306 g/mol. The predicted molar refractivity (Wildman–Crippen MR) is 80.9 cm³/mol. The van der Waals surface area contributed by atoms with E-state index in [-0.39, 0.29) is 10.6 Å². The molecule has 1 saturated carbocycles. The van der Waals surface area contributed by atoms with E-state index in [9.17, 15) is 18.5 Å². The molecule has 0 heterocycles. The van der Waals surface area contributed by atoms with Crippen LogP contribution in [-0.4, -0.2) is 19.1 Å². The van der Waals surface area contributed by atoms with Gasteiger partial charge in [-0.3, -0.25) is 10.1 Å². The Balaban J connectivity index is 1.80. The van der Waals surface area contributed by atoms with Gasteiger partial charge in [0, 0.05) is 23.3 Å². The molecule has 7 nitrogen and oxygen atoms in total. The number of nitrogens with zero attached hydrogens (tertiary/aromatic N) is 2. The lowest BCUT2D eigenvalue weighted by atomic mass is 9.74. The Hall–Kier alpha value is -2.22. The number of nitro groups is 1. The first-order chi connectivity index (χ1) is 10.4. The summed E-state index contributed by atoms with van der Waals surface area (Å²) in [6.45, 7) is 1.56. The molecule has 1 N–H and O–H groups in total. The minimum Gasteiger partial charge on any atom is -0.258 e. The van der Waals surface area contributed by atoms with Crippen molar-refractivity contribution in [1.29, 1.82) is 0 Å². The first-order valence-corrected chi connectivity index (χ1v) is 8.37. The molecule has 2 atom stereocenters. The summed E-state index contributed by atoms with van der Waals surface area (Å²) in [6, 6.07) is 3.81. The summed E-state index contributed by atoms with van der Waals surface area (Å²) in [5.74, 6) is 0.777. The highest BCUT2D eigenvalue weighted by atomic mass is 32.2. The molecule has 1 fully saturated rings. The molecule has 0 aromatic heterocycles. The average Bonchev–Trinajstić information content (AvgIpc) is 2.80. The van der Waals surface area contributed by atoms with Crippen LogP contribution in [0.15, 0.2) is 40.3 Å². The standard InChI is InChI=1S/C14H15N3O4S/c1-9-5-6-11(8-14(9)17(18)19)22(20,21)16-15-13-7-10-3-2-4-12(10)13/h2-3,5-6,8,10,12,16H,4,7H2,1H3/b15-13-/t10-,12-/m0/s1. The third kappa shape index (κ3) is 2.50. The van der Waals surface area contributed by atoms with Crippen molar-refractivity contribution in [3.8, 4) is 0 Å². The molecule has 2 aliphatic rings. The Morgan fingerprint density at radius 3 is 2.86 bits per heavy atom. The fourth-order valence-corrected chi connectivity index (χ4v) is 3.64. The van der Waals surface area contributed by atoms with Crippen molar-refractivity contribution in [1.82, 2.24) is 4.83 Å². The molecule has 0 unspecified atom stereocenters. The normalized spacial score (nSPS) is 24.9. The number of aryl methyl sites for hydroxylation is 1. The third-order valence-electron chi connectivity index (χ3n) is 4.16. The third-order valence-corrected chi connectivity index (χ3v) is 5.37. The number of nitrogens with one attached hydrogen (secondary N) is 1. The van der Waals surface area contributed by atoms with Gasteiger partial charge in [0.1, 0.15) is 0 Å². The monoisotopic (exact) mass is 321 g/mol. The van der Waals surface area contributed by atoms with Gasteiger partial charge in [0.25, 0.3) is 15.7 Å². The summed E-state index contributed by atoms with van der Waals surface area (Å²) in [4.78, 5) is 12.3. The quantitative estimate of drug-likeness (QED) is 0.521. The van der Waals surface area contributed by atoms with Crippen LogP contribution < -0.4 is 4.83 Å². The minimum absolute atomic E-state index is 0.158. The summed E-state index contributed by atoms with van der Waals surface area (Å²) in [6.07, 6.45) is 5.86. The van der Waals surface area contributed by atoms with Crippen LogP contribution in [0.4, 0.5) is 5.69 Å². The molecular formula is C14H15N3O4S. The van der Waals surface area contributed by atoms with Crippen LogP contribution in [0.5, 0.6) is 0 Å². The van der Waals surface area contributed by atoms with Gasteiger partial charge in [0.15, 0.2) is 0 Å². The second kappa shape index (κ2) is 5.20. The highest BCUT2D eigenvalue weighted by Crippen LogP contribution is 2.40. The Morgan fingerprint density at radius 2 is 2.18 bits per heavy atom. The number of hydrogen-bond acceptors (Lipinski definition) is 5. The Morgan fingerprint density at radius 1 is 1.41 bits per heavy atom. The summed E-state index contributed by atoms with van der Waals surface area (Å²) in [5, 5.41) is 14.9. The molecule has 0 amide bonds. The topological polar surface area (TPSA) is 102 Å². The number of hydrazone groups is 1. The van der Waals surface area contributed by atoms with Crippen LogP contribution in [-0.2, 0) is 10.0 Å². The molecule has 0 aliphatic heterocycles. The molecule has 0 spiro atoms. The van der Waals surface area contributed by atoms with Crippen LogP contribution >= 0.6 is 0 Å². The molecule has 116 valence electrons. The van der Waals surface area contributed by atoms with Crippen LogP contribution in [0, 0.1) is 28.9 Å². The van der Waals surface area contributed by atoms with E-state index >= 15 is 0 Å². The highest BCUT2D eigenvalue weighted by molar-refractivity contribution is 7.89. The number of benzene rings is 1. The van der Waals surface area contributed by atoms with Crippen molar-refractivity contribution >= 4 is 21.4 Å². The van der Waals surface area contributed by atoms with Gasteiger partial charge in [0.2, 0.25) is 0 Å². The molecule has 0 radical (unpaired) electrons. The van der Waals surface area contributed by atoms with Gasteiger partial charge in [-0.05, 0) is 31.7 Å². The number of hydrogen-bond donors (Lipinski definition) is 1. The van der Waals surface area contributed by atoms with E-state index in [2.05, 4.69) is 22.1 Å². The number of nitro benzene ring substituents is 1. The van der Waals surface area contributed by atoms with Crippen LogP contribution in [0.3, 0.4) is 0 Å². The van der Waals surface area contributed by atoms with Gasteiger partial charge in [-0.15, -0.1) is 0 Å². The zero-order chi connectivity index (χ0) is 15.9. The first-order valence-electron chi connectivity index (χ1n) is 6.88. The first kappa shape index (κ1) is 14.7. The molecule has 3 rings (SSSR count). The van der Waals surface area contributed by atoms with Crippen molar-refractivity contribution in [3.05, 3.63) is 46.0 Å². The van der Waals surface area contributed by atoms with Gasteiger partial charge in [0.05, 0.1) is 9.82 Å². The van der Waals surface area contributed by atoms with Gasteiger partial charge in [-0.1, -0.05) is 18.2 Å². The summed E-state index contributed by atoms with van der Waals surface area (Å²) >= 11 is 0. The van der Waals surface area contributed by atoms with E-state index in [0.717, 1.165) is 24.6 Å². The van der Waals surface area contributed by atoms with Crippen molar-refractivity contribution in [3.63, 3.8) is 0 Å². The van der Waals surface area contributed by atoms with Gasteiger partial charge >= 0.3 is 0 Å². The second-order valence-corrected chi connectivity index (χ2v) is 7.20. The molecule has 1 aromatic rings. The maximum Gasteiger partial charge on any atom is 0.276 e. The van der Waals surface area contributed by atoms with Gasteiger partial charge < -0.3 is 0 Å². The average molecular weight is 321 g/mol. The number of rotatable bonds is 4. The van der Waals surface area contributed by atoms with Crippen LogP contribution in [0.2, 0.25) is 0 Å². The Kier molecular flexibility index (Phi) is 3.48. The summed E-state index contributed by atoms with van der Waals surface area (Å²) in [5.41, 5.74) is 1.02. The Labute approximate surface area is 127 Å². The zero-order valence-corrected chi connectivity index (χ0v) is 12.7. The van der Waals surface area contributed by atoms with E-state index in [0.29, 0.717) is 17.4 Å². The second-order valence-electron chi connectivity index (χ2n) is 5.54. The molecule has 2 aliphatic carbocycles. The smallest absolute Gasteiger partial charge is 0.258 e. The van der Waals surface area contributed by atoms with Crippen LogP contribution in [0.1, 0.15) is 18.4 Å². The number of fused-ring (bicyclic) bond motifs is 1. The van der Waals surface area contributed by atoms with Gasteiger partial charge in [-0.25, -0.2) is 4.83 Å². The lowest BCUT2D eigenvalue weighted by molar-refractivity contribution is -0.385. The SMILES string of the molecule is Cc1ccc(S(=O)(=O)N/N=C2/C[C@@H]3C=CC[C@H]23)cc1[N+](=O)[O-]. The van der Waals surface area contributed by atoms with Crippen molar-refractivity contribution in [2.75, 3.05) is 0 Å². The number of allylic oxidation sites excluding steroid dienone is 2. The van der Waals surface area contributed by atoms with Crippen molar-refractivity contribution < 1.29 is 13.3 Å². The lowest BCUT2D eigenvalue weighted by Gasteiger charge is -2.31. The molecule has 22 heavy (non-hydrogen) atoms. The predicted octanol–water partition coefficient (Wildman–Crippen LogP) is 2.13. The maximum atomic E-state index is 12.2. The van der Waals surface area contributed by atoms with Crippen molar-refractivity contribution in [2.45, 2.75) is 24.7 Å². The largest absolute Gasteiger partial charge is 0.276 e.